The number of alkyl carbamates (subject to hydrolysis) is 1. The van der Waals surface area contributed by atoms with Gasteiger partial charge < -0.3 is 25.4 Å². The molecule has 32 heavy (non-hydrogen) atoms. The second kappa shape index (κ2) is 11.2. The highest BCUT2D eigenvalue weighted by Gasteiger charge is 2.16. The molecule has 3 N–H and O–H groups in total. The highest BCUT2D eigenvalue weighted by atomic mass is 16.6. The van der Waals surface area contributed by atoms with Crippen LogP contribution in [0.3, 0.4) is 0 Å². The Labute approximate surface area is 188 Å². The van der Waals surface area contributed by atoms with Gasteiger partial charge in [0.1, 0.15) is 11.4 Å². The number of nitrogens with one attached hydrogen (secondary N) is 3. The van der Waals surface area contributed by atoms with E-state index in [1.807, 2.05) is 32.0 Å². The monoisotopic (exact) mass is 441 g/mol. The molecule has 8 heteroatoms. The largest absolute Gasteiger partial charge is 0.483 e. The van der Waals surface area contributed by atoms with Crippen LogP contribution in [-0.2, 0) is 14.3 Å². The Kier molecular flexibility index (Phi) is 8.63. The van der Waals surface area contributed by atoms with E-state index in [9.17, 15) is 14.4 Å². The molecule has 0 unspecified atom stereocenters. The summed E-state index contributed by atoms with van der Waals surface area (Å²) < 4.78 is 10.7. The first-order chi connectivity index (χ1) is 15.0. The van der Waals surface area contributed by atoms with Crippen LogP contribution in [0.15, 0.2) is 42.5 Å². The van der Waals surface area contributed by atoms with Crippen LogP contribution in [0.25, 0.3) is 0 Å². The molecule has 172 valence electrons. The fourth-order valence-corrected chi connectivity index (χ4v) is 2.75. The summed E-state index contributed by atoms with van der Waals surface area (Å²) in [5.74, 6) is 0.139. The Hall–Kier alpha value is -3.55. The van der Waals surface area contributed by atoms with E-state index in [0.717, 1.165) is 11.1 Å². The molecule has 0 fully saturated rings. The van der Waals surface area contributed by atoms with Crippen molar-refractivity contribution in [1.82, 2.24) is 5.32 Å². The van der Waals surface area contributed by atoms with Crippen LogP contribution in [0.4, 0.5) is 16.2 Å². The van der Waals surface area contributed by atoms with Crippen LogP contribution in [0.2, 0.25) is 0 Å². The SMILES string of the molecule is Cc1ccc(OCC(=O)Nc2ccc(NC(=O)CCNC(=O)OC(C)(C)C)cc2)c(C)c1. The molecule has 0 radical (unpaired) electrons. The van der Waals surface area contributed by atoms with Crippen molar-refractivity contribution in [3.8, 4) is 5.75 Å². The van der Waals surface area contributed by atoms with Crippen molar-refractivity contribution in [2.24, 2.45) is 0 Å². The van der Waals surface area contributed by atoms with E-state index in [0.29, 0.717) is 17.1 Å². The molecule has 0 aliphatic carbocycles. The molecule has 0 spiro atoms. The molecule has 8 nitrogen and oxygen atoms in total. The highest BCUT2D eigenvalue weighted by molar-refractivity contribution is 5.93. The molecule has 0 heterocycles. The van der Waals surface area contributed by atoms with E-state index in [1.54, 1.807) is 45.0 Å². The van der Waals surface area contributed by atoms with Crippen molar-refractivity contribution in [1.29, 1.82) is 0 Å². The molecule has 2 rings (SSSR count). The topological polar surface area (TPSA) is 106 Å². The number of amides is 3. The number of anilines is 2. The van der Waals surface area contributed by atoms with E-state index in [2.05, 4.69) is 16.0 Å². The number of rotatable bonds is 8. The van der Waals surface area contributed by atoms with E-state index < -0.39 is 11.7 Å². The van der Waals surface area contributed by atoms with Gasteiger partial charge in [0.2, 0.25) is 5.91 Å². The maximum Gasteiger partial charge on any atom is 0.407 e. The summed E-state index contributed by atoms with van der Waals surface area (Å²) in [5.41, 5.74) is 2.68. The number of benzene rings is 2. The summed E-state index contributed by atoms with van der Waals surface area (Å²) >= 11 is 0. The van der Waals surface area contributed by atoms with Crippen molar-refractivity contribution in [3.05, 3.63) is 53.6 Å². The third-order valence-corrected chi connectivity index (χ3v) is 4.16. The predicted octanol–water partition coefficient (Wildman–Crippen LogP) is 4.17. The zero-order valence-electron chi connectivity index (χ0n) is 19.2. The Morgan fingerprint density at radius 2 is 1.47 bits per heavy atom. The number of carbonyl (C=O) groups is 3. The van der Waals surface area contributed by atoms with Crippen LogP contribution in [0.1, 0.15) is 38.3 Å². The average Bonchev–Trinajstić information content (AvgIpc) is 2.67. The molecule has 0 saturated heterocycles. The standard InChI is InChI=1S/C24H31N3O5/c1-16-6-11-20(17(2)14-16)31-15-22(29)27-19-9-7-18(8-10-19)26-21(28)12-13-25-23(30)32-24(3,4)5/h6-11,14H,12-13,15H2,1-5H3,(H,25,30)(H,26,28)(H,27,29). The maximum atomic E-state index is 12.1. The van der Waals surface area contributed by atoms with Crippen molar-refractivity contribution in [2.45, 2.75) is 46.6 Å². The van der Waals surface area contributed by atoms with Crippen molar-refractivity contribution >= 4 is 29.3 Å². The van der Waals surface area contributed by atoms with E-state index >= 15 is 0 Å². The molecule has 0 atom stereocenters. The summed E-state index contributed by atoms with van der Waals surface area (Å²) in [6, 6.07) is 12.5. The second-order valence-electron chi connectivity index (χ2n) is 8.41. The van der Waals surface area contributed by atoms with Gasteiger partial charge in [-0.1, -0.05) is 17.7 Å². The first-order valence-electron chi connectivity index (χ1n) is 10.4. The van der Waals surface area contributed by atoms with Crippen molar-refractivity contribution < 1.29 is 23.9 Å². The fraction of sp³-hybridized carbons (Fsp3) is 0.375. The fourth-order valence-electron chi connectivity index (χ4n) is 2.75. The van der Waals surface area contributed by atoms with E-state index in [-0.39, 0.29) is 31.4 Å². The number of hydrogen-bond acceptors (Lipinski definition) is 5. The zero-order valence-corrected chi connectivity index (χ0v) is 19.2. The third kappa shape index (κ3) is 9.07. The summed E-state index contributed by atoms with van der Waals surface area (Å²) in [7, 11) is 0. The lowest BCUT2D eigenvalue weighted by molar-refractivity contribution is -0.118. The molecule has 0 aliphatic heterocycles. The highest BCUT2D eigenvalue weighted by Crippen LogP contribution is 2.19. The molecule has 2 aromatic carbocycles. The van der Waals surface area contributed by atoms with Crippen LogP contribution >= 0.6 is 0 Å². The Bertz CT molecular complexity index is 949. The van der Waals surface area contributed by atoms with Crippen molar-refractivity contribution in [2.75, 3.05) is 23.8 Å². The molecule has 0 bridgehead atoms. The Morgan fingerprint density at radius 3 is 2.03 bits per heavy atom. The van der Waals surface area contributed by atoms with Gasteiger partial charge in [-0.25, -0.2) is 4.79 Å². The average molecular weight is 442 g/mol. The number of hydrogen-bond donors (Lipinski definition) is 3. The second-order valence-corrected chi connectivity index (χ2v) is 8.41. The Balaban J connectivity index is 1.73. The van der Waals surface area contributed by atoms with Crippen molar-refractivity contribution in [3.63, 3.8) is 0 Å². The normalized spacial score (nSPS) is 10.8. The lowest BCUT2D eigenvalue weighted by Gasteiger charge is -2.19. The van der Waals surface area contributed by atoms with Gasteiger partial charge in [0.25, 0.3) is 5.91 Å². The van der Waals surface area contributed by atoms with Gasteiger partial charge in [-0.15, -0.1) is 0 Å². The predicted molar refractivity (Wildman–Crippen MR) is 124 cm³/mol. The molecular formula is C24H31N3O5. The summed E-state index contributed by atoms with van der Waals surface area (Å²) in [6.07, 6.45) is -0.458. The van der Waals surface area contributed by atoms with E-state index in [1.165, 1.54) is 0 Å². The number of aryl methyl sites for hydroxylation is 2. The molecular weight excluding hydrogens is 410 g/mol. The van der Waals surface area contributed by atoms with E-state index in [4.69, 9.17) is 9.47 Å². The number of carbonyl (C=O) groups excluding carboxylic acids is 3. The lowest BCUT2D eigenvalue weighted by Crippen LogP contribution is -2.34. The van der Waals surface area contributed by atoms with Gasteiger partial charge in [0.15, 0.2) is 6.61 Å². The minimum absolute atomic E-state index is 0.104. The molecule has 2 aromatic rings. The smallest absolute Gasteiger partial charge is 0.407 e. The zero-order chi connectivity index (χ0) is 23.7. The maximum absolute atomic E-state index is 12.1. The van der Waals surface area contributed by atoms with Crippen LogP contribution in [0.5, 0.6) is 5.75 Å². The minimum Gasteiger partial charge on any atom is -0.483 e. The van der Waals surface area contributed by atoms with Gasteiger partial charge in [0.05, 0.1) is 0 Å². The summed E-state index contributed by atoms with van der Waals surface area (Å²) in [6.45, 7) is 9.29. The van der Waals surface area contributed by atoms with Crippen LogP contribution < -0.4 is 20.7 Å². The van der Waals surface area contributed by atoms with Gasteiger partial charge in [-0.2, -0.15) is 0 Å². The first-order valence-corrected chi connectivity index (χ1v) is 10.4. The van der Waals surface area contributed by atoms with Gasteiger partial charge in [-0.3, -0.25) is 9.59 Å². The molecule has 3 amide bonds. The van der Waals surface area contributed by atoms with Crippen LogP contribution in [0, 0.1) is 13.8 Å². The molecule has 0 saturated carbocycles. The number of ether oxygens (including phenoxy) is 2. The third-order valence-electron chi connectivity index (χ3n) is 4.16. The van der Waals surface area contributed by atoms with Gasteiger partial charge in [-0.05, 0) is 70.5 Å². The molecule has 0 aromatic heterocycles. The quantitative estimate of drug-likeness (QED) is 0.570. The lowest BCUT2D eigenvalue weighted by atomic mass is 10.1. The Morgan fingerprint density at radius 1 is 0.875 bits per heavy atom. The van der Waals surface area contributed by atoms with Gasteiger partial charge in [0, 0.05) is 24.3 Å². The summed E-state index contributed by atoms with van der Waals surface area (Å²) in [5, 5.41) is 8.02. The minimum atomic E-state index is -0.588. The van der Waals surface area contributed by atoms with Crippen LogP contribution in [-0.4, -0.2) is 36.7 Å². The first kappa shape index (κ1) is 24.7. The molecule has 0 aliphatic rings. The summed E-state index contributed by atoms with van der Waals surface area (Å²) in [4.78, 5) is 35.7. The van der Waals surface area contributed by atoms with Gasteiger partial charge >= 0.3 is 6.09 Å².